The zero-order valence-electron chi connectivity index (χ0n) is 15.9. The van der Waals surface area contributed by atoms with Gasteiger partial charge in [0.1, 0.15) is 5.25 Å². The van der Waals surface area contributed by atoms with Crippen molar-refractivity contribution in [2.75, 3.05) is 6.61 Å². The molecule has 0 aliphatic rings. The van der Waals surface area contributed by atoms with E-state index in [9.17, 15) is 24.5 Å². The molecule has 0 saturated heterocycles. The Hall–Kier alpha value is -2.94. The highest BCUT2D eigenvalue weighted by atomic mass is 32.2. The van der Waals surface area contributed by atoms with Crippen molar-refractivity contribution in [1.82, 2.24) is 4.98 Å². The van der Waals surface area contributed by atoms with Gasteiger partial charge in [-0.1, -0.05) is 0 Å². The molecule has 28 heavy (non-hydrogen) atoms. The van der Waals surface area contributed by atoms with Crippen LogP contribution in [0.5, 0.6) is 0 Å². The van der Waals surface area contributed by atoms with Crippen LogP contribution in [0.2, 0.25) is 0 Å². The minimum Gasteiger partial charge on any atom is -0.456 e. The minimum atomic E-state index is -0.603. The van der Waals surface area contributed by atoms with E-state index in [1.807, 2.05) is 0 Å². The van der Waals surface area contributed by atoms with Gasteiger partial charge in [0.15, 0.2) is 12.4 Å². The van der Waals surface area contributed by atoms with Crippen molar-refractivity contribution in [3.63, 3.8) is 0 Å². The molecular weight excluding hydrogens is 384 g/mol. The molecule has 8 nitrogen and oxygen atoms in total. The number of benzene rings is 1. The van der Waals surface area contributed by atoms with Gasteiger partial charge >= 0.3 is 5.97 Å². The Bertz CT molecular complexity index is 933. The third-order valence-electron chi connectivity index (χ3n) is 4.11. The predicted molar refractivity (Wildman–Crippen MR) is 104 cm³/mol. The van der Waals surface area contributed by atoms with Crippen LogP contribution >= 0.6 is 11.8 Å². The van der Waals surface area contributed by atoms with Crippen LogP contribution in [0.4, 0.5) is 5.69 Å². The number of ether oxygens (including phenoxy) is 1. The largest absolute Gasteiger partial charge is 0.456 e. The second kappa shape index (κ2) is 8.83. The molecule has 1 heterocycles. The lowest BCUT2D eigenvalue weighted by atomic mass is 10.1. The van der Waals surface area contributed by atoms with Gasteiger partial charge in [-0.3, -0.25) is 24.5 Å². The molecule has 9 heteroatoms. The normalized spacial score (nSPS) is 11.7. The SMILES string of the molecule is CC(=O)c1c(C)[nH]c(C(=O)COC(=O)[C@H](C)Sc2ccc([N+](=O)[O-])cc2)c1C. The number of aryl methyl sites for hydroxylation is 1. The standard InChI is InChI=1S/C19H20N2O6S/c1-10-17(12(3)22)11(2)20-18(10)16(23)9-27-19(24)13(4)28-15-7-5-14(6-8-15)21(25)26/h5-8,13,20H,9H2,1-4H3/t13-/m0/s1. The molecule has 0 fully saturated rings. The molecule has 148 valence electrons. The van der Waals surface area contributed by atoms with Crippen LogP contribution in [-0.4, -0.2) is 39.3 Å². The summed E-state index contributed by atoms with van der Waals surface area (Å²) in [4.78, 5) is 49.9. The van der Waals surface area contributed by atoms with E-state index in [2.05, 4.69) is 4.98 Å². The number of H-pyrrole nitrogens is 1. The summed E-state index contributed by atoms with van der Waals surface area (Å²) in [5.74, 6) is -1.14. The molecule has 1 N–H and O–H groups in total. The number of rotatable bonds is 8. The molecule has 0 unspecified atom stereocenters. The molecule has 1 aromatic carbocycles. The number of nitro benzene ring substituents is 1. The molecule has 0 amide bonds. The van der Waals surface area contributed by atoms with E-state index in [0.717, 1.165) is 0 Å². The Kier molecular flexibility index (Phi) is 6.74. The van der Waals surface area contributed by atoms with E-state index in [1.165, 1.54) is 30.8 Å². The van der Waals surface area contributed by atoms with Gasteiger partial charge in [-0.15, -0.1) is 11.8 Å². The second-order valence-corrected chi connectivity index (χ2v) is 7.64. The van der Waals surface area contributed by atoms with Crippen molar-refractivity contribution in [3.8, 4) is 0 Å². The Morgan fingerprint density at radius 2 is 1.82 bits per heavy atom. The molecule has 2 rings (SSSR count). The maximum atomic E-state index is 12.3. The number of nitro groups is 1. The smallest absolute Gasteiger partial charge is 0.319 e. The summed E-state index contributed by atoms with van der Waals surface area (Å²) in [7, 11) is 0. The van der Waals surface area contributed by atoms with Crippen molar-refractivity contribution in [3.05, 3.63) is 56.9 Å². The van der Waals surface area contributed by atoms with E-state index < -0.39 is 28.5 Å². The predicted octanol–water partition coefficient (Wildman–Crippen LogP) is 3.65. The van der Waals surface area contributed by atoms with Gasteiger partial charge in [-0.2, -0.15) is 0 Å². The first kappa shape index (κ1) is 21.4. The number of non-ortho nitro benzene ring substituents is 1. The number of hydrogen-bond donors (Lipinski definition) is 1. The molecular formula is C19H20N2O6S. The molecule has 0 spiro atoms. The highest BCUT2D eigenvalue weighted by Crippen LogP contribution is 2.26. The lowest BCUT2D eigenvalue weighted by Gasteiger charge is -2.11. The van der Waals surface area contributed by atoms with E-state index in [0.29, 0.717) is 21.7 Å². The lowest BCUT2D eigenvalue weighted by Crippen LogP contribution is -2.21. The molecule has 0 aliphatic heterocycles. The number of Topliss-reactive ketones (excluding diaryl/α,β-unsaturated/α-hetero) is 2. The maximum absolute atomic E-state index is 12.3. The number of carbonyl (C=O) groups is 3. The highest BCUT2D eigenvalue weighted by Gasteiger charge is 2.22. The number of carbonyl (C=O) groups excluding carboxylic acids is 3. The van der Waals surface area contributed by atoms with Gasteiger partial charge in [0.2, 0.25) is 5.78 Å². The molecule has 1 aromatic heterocycles. The first-order valence-corrected chi connectivity index (χ1v) is 9.30. The summed E-state index contributed by atoms with van der Waals surface area (Å²) < 4.78 is 5.10. The summed E-state index contributed by atoms with van der Waals surface area (Å²) in [6.07, 6.45) is 0. The van der Waals surface area contributed by atoms with Crippen LogP contribution in [0.1, 0.15) is 46.0 Å². The summed E-state index contributed by atoms with van der Waals surface area (Å²) in [6, 6.07) is 5.80. The fourth-order valence-corrected chi connectivity index (χ4v) is 3.65. The van der Waals surface area contributed by atoms with Crippen LogP contribution in [0.3, 0.4) is 0 Å². The quantitative estimate of drug-likeness (QED) is 0.234. The summed E-state index contributed by atoms with van der Waals surface area (Å²) in [5, 5.41) is 10.1. The monoisotopic (exact) mass is 404 g/mol. The first-order valence-electron chi connectivity index (χ1n) is 8.42. The third-order valence-corrected chi connectivity index (χ3v) is 5.20. The van der Waals surface area contributed by atoms with Crippen molar-refractivity contribution >= 4 is 35.0 Å². The van der Waals surface area contributed by atoms with Crippen LogP contribution < -0.4 is 0 Å². The second-order valence-electron chi connectivity index (χ2n) is 6.22. The topological polar surface area (TPSA) is 119 Å². The van der Waals surface area contributed by atoms with Crippen molar-refractivity contribution in [2.24, 2.45) is 0 Å². The van der Waals surface area contributed by atoms with Gasteiger partial charge in [0.05, 0.1) is 10.6 Å². The maximum Gasteiger partial charge on any atom is 0.319 e. The van der Waals surface area contributed by atoms with E-state index in [-0.39, 0.29) is 17.2 Å². The summed E-state index contributed by atoms with van der Waals surface area (Å²) in [6.45, 7) is 5.98. The van der Waals surface area contributed by atoms with E-state index >= 15 is 0 Å². The Morgan fingerprint density at radius 3 is 2.32 bits per heavy atom. The summed E-state index contributed by atoms with van der Waals surface area (Å²) >= 11 is 1.17. The molecule has 0 saturated carbocycles. The number of aromatic amines is 1. The van der Waals surface area contributed by atoms with Crippen LogP contribution in [0.15, 0.2) is 29.2 Å². The number of hydrogen-bond acceptors (Lipinski definition) is 7. The Balaban J connectivity index is 1.96. The van der Waals surface area contributed by atoms with Gasteiger partial charge < -0.3 is 9.72 Å². The first-order chi connectivity index (χ1) is 13.1. The number of ketones is 2. The summed E-state index contributed by atoms with van der Waals surface area (Å²) in [5.41, 5.74) is 1.83. The minimum absolute atomic E-state index is 0.0354. The molecule has 0 aliphatic carbocycles. The highest BCUT2D eigenvalue weighted by molar-refractivity contribution is 8.00. The molecule has 2 aromatic rings. The molecule has 0 bridgehead atoms. The Morgan fingerprint density at radius 1 is 1.21 bits per heavy atom. The van der Waals surface area contributed by atoms with E-state index in [1.54, 1.807) is 32.9 Å². The van der Waals surface area contributed by atoms with Crippen molar-refractivity contribution in [1.29, 1.82) is 0 Å². The molecule has 1 atom stereocenters. The van der Waals surface area contributed by atoms with Gasteiger partial charge in [-0.25, -0.2) is 0 Å². The van der Waals surface area contributed by atoms with Crippen LogP contribution in [0, 0.1) is 24.0 Å². The third kappa shape index (κ3) is 4.86. The van der Waals surface area contributed by atoms with Gasteiger partial charge in [-0.05, 0) is 45.4 Å². The van der Waals surface area contributed by atoms with Gasteiger partial charge in [0.25, 0.3) is 5.69 Å². The zero-order chi connectivity index (χ0) is 21.0. The Labute approximate surface area is 165 Å². The fourth-order valence-electron chi connectivity index (χ4n) is 2.78. The van der Waals surface area contributed by atoms with Gasteiger partial charge in [0, 0.05) is 28.3 Å². The lowest BCUT2D eigenvalue weighted by molar-refractivity contribution is -0.384. The van der Waals surface area contributed by atoms with Crippen LogP contribution in [-0.2, 0) is 9.53 Å². The zero-order valence-corrected chi connectivity index (χ0v) is 16.7. The fraction of sp³-hybridized carbons (Fsp3) is 0.316. The average molecular weight is 404 g/mol. The number of nitrogens with one attached hydrogen (secondary N) is 1. The number of nitrogens with zero attached hydrogens (tertiary/aromatic N) is 1. The molecule has 0 radical (unpaired) electrons. The van der Waals surface area contributed by atoms with E-state index in [4.69, 9.17) is 4.74 Å². The van der Waals surface area contributed by atoms with Crippen molar-refractivity contribution < 1.29 is 24.0 Å². The number of aromatic nitrogens is 1. The van der Waals surface area contributed by atoms with Crippen molar-refractivity contribution in [2.45, 2.75) is 37.8 Å². The number of esters is 1. The van der Waals surface area contributed by atoms with Crippen LogP contribution in [0.25, 0.3) is 0 Å². The number of thioether (sulfide) groups is 1. The average Bonchev–Trinajstić information content (AvgIpc) is 2.94.